The van der Waals surface area contributed by atoms with Crippen LogP contribution in [-0.2, 0) is 4.79 Å². The Kier molecular flexibility index (Phi) is 4.72. The molecule has 3 aliphatic rings. The van der Waals surface area contributed by atoms with E-state index in [1.165, 1.54) is 57.2 Å². The fourth-order valence-corrected chi connectivity index (χ4v) is 5.53. The number of anilines is 1. The summed E-state index contributed by atoms with van der Waals surface area (Å²) in [7, 11) is 1.74. The van der Waals surface area contributed by atoms with Crippen LogP contribution < -0.4 is 10.1 Å². The van der Waals surface area contributed by atoms with Crippen molar-refractivity contribution in [3.63, 3.8) is 0 Å². The first-order chi connectivity index (χ1) is 12.1. The van der Waals surface area contributed by atoms with Gasteiger partial charge in [-0.2, -0.15) is 0 Å². The summed E-state index contributed by atoms with van der Waals surface area (Å²) in [6, 6.07) is 6.88. The lowest BCUT2D eigenvalue weighted by Gasteiger charge is -2.40. The van der Waals surface area contributed by atoms with Gasteiger partial charge in [-0.3, -0.25) is 4.79 Å². The van der Waals surface area contributed by atoms with Gasteiger partial charge < -0.3 is 15.0 Å². The van der Waals surface area contributed by atoms with Crippen LogP contribution in [0.4, 0.5) is 5.69 Å². The molecule has 0 aromatic heterocycles. The highest BCUT2D eigenvalue weighted by Crippen LogP contribution is 2.48. The van der Waals surface area contributed by atoms with E-state index in [0.29, 0.717) is 5.92 Å². The third-order valence-electron chi connectivity index (χ3n) is 6.69. The van der Waals surface area contributed by atoms with Crippen LogP contribution in [0.5, 0.6) is 5.75 Å². The minimum absolute atomic E-state index is 0.0257. The van der Waals surface area contributed by atoms with Crippen molar-refractivity contribution in [2.75, 3.05) is 25.5 Å². The normalized spacial score (nSPS) is 29.8. The fourth-order valence-electron chi connectivity index (χ4n) is 5.53. The molecular formula is C21H30N2O2. The van der Waals surface area contributed by atoms with Crippen LogP contribution in [0.2, 0.25) is 0 Å². The molecule has 1 aromatic carbocycles. The molecule has 136 valence electrons. The minimum atomic E-state index is -0.0257. The minimum Gasteiger partial charge on any atom is -0.496 e. The van der Waals surface area contributed by atoms with E-state index in [0.717, 1.165) is 29.3 Å². The summed E-state index contributed by atoms with van der Waals surface area (Å²) in [5.41, 5.74) is 2.13. The smallest absolute Gasteiger partial charge is 0.221 e. The molecule has 1 aliphatic heterocycles. The highest BCUT2D eigenvalue weighted by atomic mass is 16.5. The lowest BCUT2D eigenvalue weighted by atomic mass is 9.86. The molecule has 4 rings (SSSR count). The number of nitrogens with zero attached hydrogens (tertiary/aromatic N) is 1. The predicted molar refractivity (Wildman–Crippen MR) is 100 cm³/mol. The van der Waals surface area contributed by atoms with Crippen LogP contribution in [0.25, 0.3) is 0 Å². The van der Waals surface area contributed by atoms with E-state index in [-0.39, 0.29) is 5.91 Å². The number of hydrogen-bond acceptors (Lipinski definition) is 3. The highest BCUT2D eigenvalue weighted by Gasteiger charge is 2.43. The summed E-state index contributed by atoms with van der Waals surface area (Å²) in [5, 5.41) is 2.90. The highest BCUT2D eigenvalue weighted by molar-refractivity contribution is 5.88. The zero-order valence-electron chi connectivity index (χ0n) is 15.5. The van der Waals surface area contributed by atoms with Crippen molar-refractivity contribution in [1.82, 2.24) is 4.90 Å². The van der Waals surface area contributed by atoms with E-state index in [1.54, 1.807) is 14.0 Å². The van der Waals surface area contributed by atoms with Gasteiger partial charge in [-0.15, -0.1) is 0 Å². The molecule has 1 heterocycles. The van der Waals surface area contributed by atoms with E-state index >= 15 is 0 Å². The van der Waals surface area contributed by atoms with Crippen molar-refractivity contribution in [3.8, 4) is 5.75 Å². The number of nitrogens with one attached hydrogen (secondary N) is 1. The predicted octanol–water partition coefficient (Wildman–Crippen LogP) is 4.02. The molecule has 25 heavy (non-hydrogen) atoms. The Balaban J connectivity index is 1.43. The molecule has 0 spiro atoms. The number of ether oxygens (including phenoxy) is 1. The summed E-state index contributed by atoms with van der Waals surface area (Å²) in [6.45, 7) is 3.95. The van der Waals surface area contributed by atoms with Gasteiger partial charge in [-0.25, -0.2) is 0 Å². The third-order valence-corrected chi connectivity index (χ3v) is 6.69. The van der Waals surface area contributed by atoms with Crippen molar-refractivity contribution in [1.29, 1.82) is 0 Å². The van der Waals surface area contributed by atoms with Crippen LogP contribution in [0, 0.1) is 11.8 Å². The lowest BCUT2D eigenvalue weighted by Crippen LogP contribution is -2.43. The summed E-state index contributed by atoms with van der Waals surface area (Å²) < 4.78 is 5.60. The number of carbonyl (C=O) groups excluding carboxylic acids is 1. The largest absolute Gasteiger partial charge is 0.496 e. The standard InChI is InChI=1S/C21H30N2O2/c1-14(24)22-18-5-6-21(25-2)19(13-18)16-7-9-23(10-8-16)20-12-15-3-4-17(20)11-15/h5-6,13,15-17,20H,3-4,7-12H2,1-2H3,(H,22,24)/t15-,17-,20?/m0/s1. The monoisotopic (exact) mass is 342 g/mol. The van der Waals surface area contributed by atoms with E-state index in [4.69, 9.17) is 4.74 Å². The first-order valence-corrected chi connectivity index (χ1v) is 9.83. The second-order valence-electron chi connectivity index (χ2n) is 8.19. The number of fused-ring (bicyclic) bond motifs is 2. The molecule has 3 atom stereocenters. The van der Waals surface area contributed by atoms with Crippen molar-refractivity contribution in [2.24, 2.45) is 11.8 Å². The van der Waals surface area contributed by atoms with Gasteiger partial charge in [0.25, 0.3) is 0 Å². The number of benzene rings is 1. The lowest BCUT2D eigenvalue weighted by molar-refractivity contribution is -0.114. The molecule has 0 radical (unpaired) electrons. The van der Waals surface area contributed by atoms with Crippen LogP contribution in [0.1, 0.15) is 56.9 Å². The molecule has 2 bridgehead atoms. The molecule has 1 saturated heterocycles. The molecule has 3 fully saturated rings. The number of rotatable bonds is 4. The van der Waals surface area contributed by atoms with E-state index in [2.05, 4.69) is 16.3 Å². The van der Waals surface area contributed by atoms with Crippen molar-refractivity contribution in [3.05, 3.63) is 23.8 Å². The number of amides is 1. The molecular weight excluding hydrogens is 312 g/mol. The second kappa shape index (κ2) is 6.99. The number of hydrogen-bond donors (Lipinski definition) is 1. The van der Waals surface area contributed by atoms with Crippen molar-refractivity contribution >= 4 is 11.6 Å². The van der Waals surface area contributed by atoms with Crippen LogP contribution in [0.3, 0.4) is 0 Å². The summed E-state index contributed by atoms with van der Waals surface area (Å²) in [5.74, 6) is 3.44. The van der Waals surface area contributed by atoms with E-state index < -0.39 is 0 Å². The fraction of sp³-hybridized carbons (Fsp3) is 0.667. The van der Waals surface area contributed by atoms with Gasteiger partial charge in [0, 0.05) is 18.7 Å². The van der Waals surface area contributed by atoms with Crippen LogP contribution >= 0.6 is 0 Å². The van der Waals surface area contributed by atoms with E-state index in [1.807, 2.05) is 12.1 Å². The van der Waals surface area contributed by atoms with Gasteiger partial charge in [-0.05, 0) is 86.7 Å². The van der Waals surface area contributed by atoms with Crippen molar-refractivity contribution in [2.45, 2.75) is 57.4 Å². The zero-order chi connectivity index (χ0) is 17.4. The van der Waals surface area contributed by atoms with Gasteiger partial charge in [0.1, 0.15) is 5.75 Å². The van der Waals surface area contributed by atoms with Crippen LogP contribution in [0.15, 0.2) is 18.2 Å². The van der Waals surface area contributed by atoms with Gasteiger partial charge in [0.15, 0.2) is 0 Å². The van der Waals surface area contributed by atoms with Gasteiger partial charge in [-0.1, -0.05) is 6.42 Å². The Labute approximate surface area is 150 Å². The number of methoxy groups -OCH3 is 1. The average Bonchev–Trinajstić information content (AvgIpc) is 3.25. The quantitative estimate of drug-likeness (QED) is 0.898. The first-order valence-electron chi connectivity index (χ1n) is 9.83. The maximum Gasteiger partial charge on any atom is 0.221 e. The van der Waals surface area contributed by atoms with Gasteiger partial charge in [0.05, 0.1) is 7.11 Å². The Bertz CT molecular complexity index is 637. The summed E-state index contributed by atoms with van der Waals surface area (Å²) in [4.78, 5) is 14.1. The van der Waals surface area contributed by atoms with Crippen LogP contribution in [-0.4, -0.2) is 37.0 Å². The topological polar surface area (TPSA) is 41.6 Å². The Morgan fingerprint density at radius 3 is 2.56 bits per heavy atom. The second-order valence-corrected chi connectivity index (χ2v) is 8.19. The van der Waals surface area contributed by atoms with Crippen molar-refractivity contribution < 1.29 is 9.53 Å². The maximum absolute atomic E-state index is 11.4. The number of piperidine rings is 1. The summed E-state index contributed by atoms with van der Waals surface area (Å²) >= 11 is 0. The molecule has 4 nitrogen and oxygen atoms in total. The first kappa shape index (κ1) is 16.9. The molecule has 1 aromatic rings. The van der Waals surface area contributed by atoms with E-state index in [9.17, 15) is 4.79 Å². The van der Waals surface area contributed by atoms with Gasteiger partial charge >= 0.3 is 0 Å². The Hall–Kier alpha value is -1.55. The molecule has 1 amide bonds. The SMILES string of the molecule is COc1ccc(NC(C)=O)cc1C1CCN(C2C[C@H]3CC[C@H]2C3)CC1. The Morgan fingerprint density at radius 2 is 1.96 bits per heavy atom. The third kappa shape index (κ3) is 3.41. The number of carbonyl (C=O) groups is 1. The molecule has 4 heteroatoms. The zero-order valence-corrected chi connectivity index (χ0v) is 15.5. The molecule has 1 unspecified atom stereocenters. The molecule has 1 N–H and O–H groups in total. The molecule has 2 saturated carbocycles. The number of likely N-dealkylation sites (tertiary alicyclic amines) is 1. The average molecular weight is 342 g/mol. The maximum atomic E-state index is 11.4. The van der Waals surface area contributed by atoms with Gasteiger partial charge in [0.2, 0.25) is 5.91 Å². The Morgan fingerprint density at radius 1 is 1.16 bits per heavy atom. The summed E-state index contributed by atoms with van der Waals surface area (Å²) in [6.07, 6.45) is 8.24. The molecule has 2 aliphatic carbocycles.